The summed E-state index contributed by atoms with van der Waals surface area (Å²) >= 11 is 0. The minimum absolute atomic E-state index is 0.0292. The van der Waals surface area contributed by atoms with Crippen LogP contribution < -0.4 is 5.73 Å². The average molecular weight is 277 g/mol. The molecule has 0 aliphatic heterocycles. The monoisotopic (exact) mass is 277 g/mol. The van der Waals surface area contributed by atoms with Crippen LogP contribution in [0.1, 0.15) is 69.6 Å². The molecule has 112 valence electrons. The van der Waals surface area contributed by atoms with E-state index in [1.54, 1.807) is 0 Å². The van der Waals surface area contributed by atoms with Crippen molar-refractivity contribution in [2.24, 2.45) is 11.7 Å². The lowest BCUT2D eigenvalue weighted by molar-refractivity contribution is -0.0838. The van der Waals surface area contributed by atoms with Gasteiger partial charge >= 0.3 is 0 Å². The smallest absolute Gasteiger partial charge is 0.160 e. The second-order valence-electron chi connectivity index (χ2n) is 6.13. The minimum Gasteiger partial charge on any atom is -0.367 e. The Morgan fingerprint density at radius 3 is 2.60 bits per heavy atom. The van der Waals surface area contributed by atoms with Gasteiger partial charge in [-0.25, -0.2) is 9.97 Å². The van der Waals surface area contributed by atoms with Crippen LogP contribution in [0.2, 0.25) is 0 Å². The second kappa shape index (κ2) is 6.19. The topological polar surface area (TPSA) is 61.0 Å². The molecule has 2 N–H and O–H groups in total. The van der Waals surface area contributed by atoms with Crippen molar-refractivity contribution in [1.29, 1.82) is 0 Å². The summed E-state index contributed by atoms with van der Waals surface area (Å²) in [5.74, 6) is 1.61. The summed E-state index contributed by atoms with van der Waals surface area (Å²) < 4.78 is 6.10. The van der Waals surface area contributed by atoms with Gasteiger partial charge in [0.05, 0.1) is 0 Å². The van der Waals surface area contributed by atoms with Crippen molar-refractivity contribution in [2.75, 3.05) is 6.61 Å². The Morgan fingerprint density at radius 1 is 1.45 bits per heavy atom. The van der Waals surface area contributed by atoms with Crippen LogP contribution in [0, 0.1) is 12.8 Å². The highest BCUT2D eigenvalue weighted by atomic mass is 16.5. The van der Waals surface area contributed by atoms with Crippen molar-refractivity contribution in [2.45, 2.75) is 65.0 Å². The lowest BCUT2D eigenvalue weighted by Crippen LogP contribution is -2.36. The van der Waals surface area contributed by atoms with E-state index in [1.165, 1.54) is 12.8 Å². The Labute approximate surface area is 122 Å². The second-order valence-corrected chi connectivity index (χ2v) is 6.13. The standard InChI is InChI=1S/C16H27N3O/c1-5-20-16(8-6-11(2)7-9-16)15-18-10-14(12(3)17)13(4)19-15/h10-12H,5-9,17H2,1-4H3/t11?,12-,16?/m1/s1. The minimum atomic E-state index is -0.289. The fraction of sp³-hybridized carbons (Fsp3) is 0.750. The van der Waals surface area contributed by atoms with Gasteiger partial charge in [-0.1, -0.05) is 6.92 Å². The summed E-state index contributed by atoms with van der Waals surface area (Å²) in [5, 5.41) is 0. The van der Waals surface area contributed by atoms with E-state index in [0.29, 0.717) is 6.61 Å². The Morgan fingerprint density at radius 2 is 2.10 bits per heavy atom. The van der Waals surface area contributed by atoms with E-state index in [1.807, 2.05) is 27.0 Å². The number of rotatable bonds is 4. The molecule has 0 saturated heterocycles. The van der Waals surface area contributed by atoms with Crippen LogP contribution in [0.15, 0.2) is 6.20 Å². The number of aromatic nitrogens is 2. The number of hydrogen-bond donors (Lipinski definition) is 1. The Balaban J connectivity index is 2.32. The molecule has 2 rings (SSSR count). The van der Waals surface area contributed by atoms with E-state index in [0.717, 1.165) is 35.8 Å². The third-order valence-corrected chi connectivity index (χ3v) is 4.42. The van der Waals surface area contributed by atoms with Crippen LogP contribution in [-0.2, 0) is 10.3 Å². The molecule has 20 heavy (non-hydrogen) atoms. The number of aryl methyl sites for hydroxylation is 1. The number of nitrogens with zero attached hydrogens (tertiary/aromatic N) is 2. The third-order valence-electron chi connectivity index (χ3n) is 4.42. The molecule has 1 fully saturated rings. The summed E-state index contributed by atoms with van der Waals surface area (Å²) in [4.78, 5) is 9.30. The molecule has 1 heterocycles. The largest absolute Gasteiger partial charge is 0.367 e. The molecule has 0 radical (unpaired) electrons. The highest BCUT2D eigenvalue weighted by Crippen LogP contribution is 2.41. The van der Waals surface area contributed by atoms with Crippen LogP contribution in [-0.4, -0.2) is 16.6 Å². The zero-order chi connectivity index (χ0) is 14.8. The van der Waals surface area contributed by atoms with Crippen LogP contribution in [0.25, 0.3) is 0 Å². The maximum atomic E-state index is 6.10. The van der Waals surface area contributed by atoms with Crippen molar-refractivity contribution in [3.63, 3.8) is 0 Å². The van der Waals surface area contributed by atoms with Crippen molar-refractivity contribution in [3.05, 3.63) is 23.3 Å². The van der Waals surface area contributed by atoms with E-state index in [4.69, 9.17) is 15.5 Å². The SMILES string of the molecule is CCOC1(c2ncc([C@@H](C)N)c(C)n2)CCC(C)CC1. The molecule has 1 aromatic rings. The van der Waals surface area contributed by atoms with Gasteiger partial charge in [-0.15, -0.1) is 0 Å². The normalized spacial score (nSPS) is 28.4. The van der Waals surface area contributed by atoms with Crippen molar-refractivity contribution in [1.82, 2.24) is 9.97 Å². The molecule has 0 unspecified atom stereocenters. The summed E-state index contributed by atoms with van der Waals surface area (Å²) in [5.41, 5.74) is 7.65. The summed E-state index contributed by atoms with van der Waals surface area (Å²) in [7, 11) is 0. The lowest BCUT2D eigenvalue weighted by Gasteiger charge is -2.38. The lowest BCUT2D eigenvalue weighted by atomic mass is 9.78. The first-order valence-electron chi connectivity index (χ1n) is 7.72. The van der Waals surface area contributed by atoms with Crippen LogP contribution in [0.3, 0.4) is 0 Å². The number of ether oxygens (including phenoxy) is 1. The highest BCUT2D eigenvalue weighted by Gasteiger charge is 2.39. The van der Waals surface area contributed by atoms with Gasteiger partial charge in [0.1, 0.15) is 5.60 Å². The van der Waals surface area contributed by atoms with E-state index >= 15 is 0 Å². The van der Waals surface area contributed by atoms with Crippen LogP contribution >= 0.6 is 0 Å². The molecule has 1 saturated carbocycles. The fourth-order valence-electron chi connectivity index (χ4n) is 3.08. The predicted octanol–water partition coefficient (Wildman–Crippen LogP) is 3.25. The molecule has 1 aliphatic carbocycles. The third kappa shape index (κ3) is 3.01. The van der Waals surface area contributed by atoms with Crippen molar-refractivity contribution in [3.8, 4) is 0 Å². The van der Waals surface area contributed by atoms with Crippen LogP contribution in [0.4, 0.5) is 0 Å². The maximum absolute atomic E-state index is 6.10. The maximum Gasteiger partial charge on any atom is 0.160 e. The van der Waals surface area contributed by atoms with E-state index in [2.05, 4.69) is 11.9 Å². The number of nitrogens with two attached hydrogens (primary N) is 1. The van der Waals surface area contributed by atoms with Gasteiger partial charge in [-0.2, -0.15) is 0 Å². The molecule has 1 aromatic heterocycles. The first-order chi connectivity index (χ1) is 9.48. The molecule has 4 heteroatoms. The zero-order valence-corrected chi connectivity index (χ0v) is 13.1. The molecule has 0 aromatic carbocycles. The molecule has 0 spiro atoms. The zero-order valence-electron chi connectivity index (χ0n) is 13.1. The Hall–Kier alpha value is -1.00. The van der Waals surface area contributed by atoms with E-state index in [-0.39, 0.29) is 11.6 Å². The average Bonchev–Trinajstić information content (AvgIpc) is 2.41. The quantitative estimate of drug-likeness (QED) is 0.917. The Kier molecular flexibility index (Phi) is 4.76. The highest BCUT2D eigenvalue weighted by molar-refractivity contribution is 5.21. The summed E-state index contributed by atoms with van der Waals surface area (Å²) in [6.45, 7) is 9.02. The van der Waals surface area contributed by atoms with E-state index in [9.17, 15) is 0 Å². The van der Waals surface area contributed by atoms with Gasteiger partial charge in [0.2, 0.25) is 0 Å². The molecular formula is C16H27N3O. The molecule has 4 nitrogen and oxygen atoms in total. The molecule has 1 atom stereocenters. The Bertz CT molecular complexity index is 451. The first-order valence-corrected chi connectivity index (χ1v) is 7.72. The van der Waals surface area contributed by atoms with Gasteiger partial charge in [0, 0.05) is 30.1 Å². The van der Waals surface area contributed by atoms with Gasteiger partial charge in [-0.3, -0.25) is 0 Å². The van der Waals surface area contributed by atoms with Gasteiger partial charge in [0.15, 0.2) is 5.82 Å². The van der Waals surface area contributed by atoms with Gasteiger partial charge in [-0.05, 0) is 52.4 Å². The van der Waals surface area contributed by atoms with Crippen molar-refractivity contribution < 1.29 is 4.74 Å². The first kappa shape index (κ1) is 15.4. The van der Waals surface area contributed by atoms with Gasteiger partial charge in [0.25, 0.3) is 0 Å². The molecular weight excluding hydrogens is 250 g/mol. The molecule has 0 amide bonds. The summed E-state index contributed by atoms with van der Waals surface area (Å²) in [6.07, 6.45) is 6.26. The van der Waals surface area contributed by atoms with E-state index < -0.39 is 0 Å². The molecule has 0 bridgehead atoms. The summed E-state index contributed by atoms with van der Waals surface area (Å²) in [6, 6.07) is -0.0292. The van der Waals surface area contributed by atoms with Crippen LogP contribution in [0.5, 0.6) is 0 Å². The fourth-order valence-corrected chi connectivity index (χ4v) is 3.08. The van der Waals surface area contributed by atoms with Gasteiger partial charge < -0.3 is 10.5 Å². The number of hydrogen-bond acceptors (Lipinski definition) is 4. The van der Waals surface area contributed by atoms with Crippen molar-refractivity contribution >= 4 is 0 Å². The predicted molar refractivity (Wildman–Crippen MR) is 80.3 cm³/mol. The molecule has 1 aliphatic rings.